The van der Waals surface area contributed by atoms with E-state index in [1.54, 1.807) is 0 Å². The lowest BCUT2D eigenvalue weighted by Gasteiger charge is -2.21. The van der Waals surface area contributed by atoms with Crippen LogP contribution in [0.2, 0.25) is 0 Å². The predicted octanol–water partition coefficient (Wildman–Crippen LogP) is 3.83. The lowest BCUT2D eigenvalue weighted by atomic mass is 10.1. The smallest absolute Gasteiger partial charge is 0.0292 e. The van der Waals surface area contributed by atoms with Gasteiger partial charge in [-0.05, 0) is 63.9 Å². The van der Waals surface area contributed by atoms with Crippen LogP contribution in [0.15, 0.2) is 28.7 Å². The summed E-state index contributed by atoms with van der Waals surface area (Å²) in [7, 11) is 0. The molecule has 1 aliphatic rings. The summed E-state index contributed by atoms with van der Waals surface area (Å²) in [6, 6.07) is 9.68. The molecule has 2 unspecified atom stereocenters. The molecule has 0 aliphatic carbocycles. The molecule has 0 aromatic heterocycles. The monoisotopic (exact) mass is 324 g/mol. The minimum absolute atomic E-state index is 0.422. The Hall–Kier alpha value is -0.380. The lowest BCUT2D eigenvalue weighted by Crippen LogP contribution is -2.31. The average molecular weight is 325 g/mol. The second-order valence-corrected chi connectivity index (χ2v) is 6.84. The fourth-order valence-corrected chi connectivity index (χ4v) is 3.15. The van der Waals surface area contributed by atoms with Crippen molar-refractivity contribution in [2.45, 2.75) is 39.3 Å². The largest absolute Gasteiger partial charge is 0.310 e. The third-order valence-corrected chi connectivity index (χ3v) is 4.60. The van der Waals surface area contributed by atoms with Crippen LogP contribution in [0, 0.1) is 5.92 Å². The summed E-state index contributed by atoms with van der Waals surface area (Å²) in [5.41, 5.74) is 1.35. The van der Waals surface area contributed by atoms with E-state index in [0.29, 0.717) is 12.1 Å². The molecule has 0 saturated carbocycles. The molecule has 1 aromatic carbocycles. The number of nitrogens with one attached hydrogen (secondary N) is 1. The Morgan fingerprint density at radius 1 is 1.37 bits per heavy atom. The Morgan fingerprint density at radius 3 is 2.79 bits per heavy atom. The first kappa shape index (κ1) is 15.0. The predicted molar refractivity (Wildman–Crippen MR) is 85.4 cm³/mol. The van der Waals surface area contributed by atoms with Crippen molar-refractivity contribution in [3.63, 3.8) is 0 Å². The van der Waals surface area contributed by atoms with Crippen LogP contribution < -0.4 is 5.32 Å². The normalized spacial score (nSPS) is 22.1. The first-order chi connectivity index (χ1) is 9.06. The molecule has 0 spiro atoms. The van der Waals surface area contributed by atoms with Crippen molar-refractivity contribution in [3.8, 4) is 0 Å². The molecule has 3 heteroatoms. The fraction of sp³-hybridized carbons (Fsp3) is 0.625. The van der Waals surface area contributed by atoms with Gasteiger partial charge in [-0.1, -0.05) is 28.1 Å². The lowest BCUT2D eigenvalue weighted by molar-refractivity contribution is 0.263. The van der Waals surface area contributed by atoms with Crippen molar-refractivity contribution in [1.29, 1.82) is 0 Å². The average Bonchev–Trinajstić information content (AvgIpc) is 2.85. The Kier molecular flexibility index (Phi) is 5.43. The summed E-state index contributed by atoms with van der Waals surface area (Å²) in [6.45, 7) is 10.5. The van der Waals surface area contributed by atoms with E-state index in [0.717, 1.165) is 16.9 Å². The van der Waals surface area contributed by atoms with E-state index in [-0.39, 0.29) is 0 Å². The molecule has 0 radical (unpaired) electrons. The molecule has 1 aromatic rings. The molecule has 2 atom stereocenters. The number of benzene rings is 1. The molecule has 1 heterocycles. The van der Waals surface area contributed by atoms with E-state index in [1.807, 2.05) is 0 Å². The third-order valence-electron chi connectivity index (χ3n) is 4.11. The molecule has 0 amide bonds. The molecule has 1 N–H and O–H groups in total. The van der Waals surface area contributed by atoms with Crippen LogP contribution in [-0.2, 0) is 0 Å². The summed E-state index contributed by atoms with van der Waals surface area (Å²) in [4.78, 5) is 2.58. The van der Waals surface area contributed by atoms with E-state index < -0.39 is 0 Å². The fourth-order valence-electron chi connectivity index (χ4n) is 2.74. The van der Waals surface area contributed by atoms with Gasteiger partial charge in [-0.2, -0.15) is 0 Å². The molecule has 2 rings (SSSR count). The van der Waals surface area contributed by atoms with Gasteiger partial charge in [0.25, 0.3) is 0 Å². The van der Waals surface area contributed by atoms with Crippen molar-refractivity contribution < 1.29 is 0 Å². The minimum Gasteiger partial charge on any atom is -0.310 e. The highest BCUT2D eigenvalue weighted by Crippen LogP contribution is 2.21. The van der Waals surface area contributed by atoms with Gasteiger partial charge in [0.15, 0.2) is 0 Å². The first-order valence-corrected chi connectivity index (χ1v) is 8.08. The molecule has 0 bridgehead atoms. The number of nitrogens with zero attached hydrogens (tertiary/aromatic N) is 1. The Bertz CT molecular complexity index is 405. The molecular formula is C16H25BrN2. The number of hydrogen-bond acceptors (Lipinski definition) is 2. The molecular weight excluding hydrogens is 300 g/mol. The van der Waals surface area contributed by atoms with Gasteiger partial charge in [-0.25, -0.2) is 0 Å². The maximum absolute atomic E-state index is 3.68. The van der Waals surface area contributed by atoms with E-state index in [4.69, 9.17) is 0 Å². The van der Waals surface area contributed by atoms with Gasteiger partial charge in [0, 0.05) is 23.1 Å². The van der Waals surface area contributed by atoms with Crippen LogP contribution in [0.1, 0.15) is 38.8 Å². The zero-order valence-corrected chi connectivity index (χ0v) is 13.8. The number of likely N-dealkylation sites (tertiary alicyclic amines) is 1. The SMILES string of the molecule is CC(NCC1CCN(C(C)C)C1)c1cccc(Br)c1. The van der Waals surface area contributed by atoms with Crippen LogP contribution in [0.25, 0.3) is 0 Å². The zero-order chi connectivity index (χ0) is 13.8. The number of halogens is 1. The summed E-state index contributed by atoms with van der Waals surface area (Å²) in [5, 5.41) is 3.68. The summed E-state index contributed by atoms with van der Waals surface area (Å²) >= 11 is 3.54. The standard InChI is InChI=1S/C16H25BrN2/c1-12(2)19-8-7-14(11-19)10-18-13(3)15-5-4-6-16(17)9-15/h4-6,9,12-14,18H,7-8,10-11H2,1-3H3. The van der Waals surface area contributed by atoms with E-state index in [2.05, 4.69) is 71.2 Å². The van der Waals surface area contributed by atoms with Gasteiger partial charge in [-0.3, -0.25) is 0 Å². The van der Waals surface area contributed by atoms with Crippen molar-refractivity contribution in [2.75, 3.05) is 19.6 Å². The summed E-state index contributed by atoms with van der Waals surface area (Å²) in [6.07, 6.45) is 1.33. The van der Waals surface area contributed by atoms with Gasteiger partial charge < -0.3 is 10.2 Å². The first-order valence-electron chi connectivity index (χ1n) is 7.29. The Labute approximate surface area is 125 Å². The van der Waals surface area contributed by atoms with Gasteiger partial charge >= 0.3 is 0 Å². The quantitative estimate of drug-likeness (QED) is 0.885. The highest BCUT2D eigenvalue weighted by atomic mass is 79.9. The van der Waals surface area contributed by atoms with E-state index >= 15 is 0 Å². The Balaban J connectivity index is 1.80. The molecule has 2 nitrogen and oxygen atoms in total. The van der Waals surface area contributed by atoms with Crippen molar-refractivity contribution >= 4 is 15.9 Å². The third kappa shape index (κ3) is 4.30. The van der Waals surface area contributed by atoms with Crippen molar-refractivity contribution in [1.82, 2.24) is 10.2 Å². The van der Waals surface area contributed by atoms with Crippen LogP contribution >= 0.6 is 15.9 Å². The highest BCUT2D eigenvalue weighted by Gasteiger charge is 2.24. The summed E-state index contributed by atoms with van der Waals surface area (Å²) in [5.74, 6) is 0.803. The molecule has 106 valence electrons. The van der Waals surface area contributed by atoms with Crippen LogP contribution in [-0.4, -0.2) is 30.6 Å². The maximum Gasteiger partial charge on any atom is 0.0292 e. The van der Waals surface area contributed by atoms with Crippen LogP contribution in [0.3, 0.4) is 0 Å². The van der Waals surface area contributed by atoms with E-state index in [1.165, 1.54) is 25.1 Å². The van der Waals surface area contributed by atoms with Crippen LogP contribution in [0.4, 0.5) is 0 Å². The van der Waals surface area contributed by atoms with E-state index in [9.17, 15) is 0 Å². The summed E-state index contributed by atoms with van der Waals surface area (Å²) < 4.78 is 1.16. The minimum atomic E-state index is 0.422. The van der Waals surface area contributed by atoms with Crippen LogP contribution in [0.5, 0.6) is 0 Å². The number of hydrogen-bond donors (Lipinski definition) is 1. The van der Waals surface area contributed by atoms with Gasteiger partial charge in [-0.15, -0.1) is 0 Å². The second kappa shape index (κ2) is 6.87. The molecule has 1 aliphatic heterocycles. The van der Waals surface area contributed by atoms with Gasteiger partial charge in [0.05, 0.1) is 0 Å². The second-order valence-electron chi connectivity index (χ2n) is 5.93. The zero-order valence-electron chi connectivity index (χ0n) is 12.2. The van der Waals surface area contributed by atoms with Gasteiger partial charge in [0.2, 0.25) is 0 Å². The Morgan fingerprint density at radius 2 is 2.16 bits per heavy atom. The molecule has 1 saturated heterocycles. The topological polar surface area (TPSA) is 15.3 Å². The molecule has 19 heavy (non-hydrogen) atoms. The van der Waals surface area contributed by atoms with Crippen molar-refractivity contribution in [3.05, 3.63) is 34.3 Å². The molecule has 1 fully saturated rings. The maximum atomic E-state index is 3.68. The highest BCUT2D eigenvalue weighted by molar-refractivity contribution is 9.10. The van der Waals surface area contributed by atoms with Gasteiger partial charge in [0.1, 0.15) is 0 Å². The number of rotatable bonds is 5. The van der Waals surface area contributed by atoms with Crippen molar-refractivity contribution in [2.24, 2.45) is 5.92 Å².